The number of carbonyl (C=O) groups is 3. The van der Waals surface area contributed by atoms with Gasteiger partial charge in [-0.2, -0.15) is 0 Å². The fourth-order valence-corrected chi connectivity index (χ4v) is 5.96. The minimum absolute atomic E-state index is 0.00319. The van der Waals surface area contributed by atoms with E-state index >= 15 is 0 Å². The molecule has 0 fully saturated rings. The van der Waals surface area contributed by atoms with Gasteiger partial charge < -0.3 is 20.1 Å². The average molecular weight is 743 g/mol. The van der Waals surface area contributed by atoms with Crippen molar-refractivity contribution in [2.75, 3.05) is 32.8 Å². The van der Waals surface area contributed by atoms with Gasteiger partial charge in [0.2, 0.25) is 5.91 Å². The van der Waals surface area contributed by atoms with Gasteiger partial charge in [-0.25, -0.2) is 0 Å². The smallest absolute Gasteiger partial charge is 0.305 e. The van der Waals surface area contributed by atoms with Gasteiger partial charge in [0.1, 0.15) is 13.2 Å². The number of carbonyl (C=O) groups excluding carboxylic acids is 3. The Labute approximate surface area is 326 Å². The Morgan fingerprint density at radius 2 is 0.811 bits per heavy atom. The summed E-state index contributed by atoms with van der Waals surface area (Å²) in [6.45, 7) is 6.03. The molecule has 0 rings (SSSR count). The fourth-order valence-electron chi connectivity index (χ4n) is 5.96. The Balaban J connectivity index is 4.10. The molecule has 0 unspecified atom stereocenters. The van der Waals surface area contributed by atoms with Crippen molar-refractivity contribution in [1.29, 1.82) is 0 Å². The molecule has 0 aliphatic rings. The van der Waals surface area contributed by atoms with Crippen LogP contribution in [-0.4, -0.2) is 55.6 Å². The SMILES string of the molecule is CCCCC/C=C\C/C=C\CCCCCCCC(=O)OCCN(CCOC(=O)CCCCCCC/C=C\C/C=C\CCCCC)C(=O)CCCCCN. The minimum Gasteiger partial charge on any atom is -0.464 e. The molecule has 0 saturated heterocycles. The van der Waals surface area contributed by atoms with Crippen molar-refractivity contribution >= 4 is 17.8 Å². The molecule has 0 aliphatic carbocycles. The molecular weight excluding hydrogens is 661 g/mol. The van der Waals surface area contributed by atoms with Gasteiger partial charge in [0.15, 0.2) is 0 Å². The zero-order chi connectivity index (χ0) is 38.7. The number of allylic oxidation sites excluding steroid dienone is 8. The molecule has 0 bridgehead atoms. The minimum atomic E-state index is -0.213. The molecule has 7 heteroatoms. The predicted molar refractivity (Wildman–Crippen MR) is 225 cm³/mol. The summed E-state index contributed by atoms with van der Waals surface area (Å²) < 4.78 is 10.9. The number of rotatable bonds is 39. The van der Waals surface area contributed by atoms with Gasteiger partial charge in [-0.15, -0.1) is 0 Å². The molecule has 0 aliphatic heterocycles. The van der Waals surface area contributed by atoms with Crippen molar-refractivity contribution in [3.63, 3.8) is 0 Å². The van der Waals surface area contributed by atoms with E-state index in [1.165, 1.54) is 77.0 Å². The summed E-state index contributed by atoms with van der Waals surface area (Å²) in [4.78, 5) is 39.2. The number of nitrogens with two attached hydrogens (primary N) is 1. The van der Waals surface area contributed by atoms with Crippen molar-refractivity contribution in [2.24, 2.45) is 5.73 Å². The van der Waals surface area contributed by atoms with Crippen molar-refractivity contribution in [1.82, 2.24) is 4.90 Å². The molecule has 0 aromatic heterocycles. The lowest BCUT2D eigenvalue weighted by molar-refractivity contribution is -0.147. The number of ether oxygens (including phenoxy) is 2. The van der Waals surface area contributed by atoms with Gasteiger partial charge in [0.05, 0.1) is 13.1 Å². The Morgan fingerprint density at radius 3 is 1.23 bits per heavy atom. The maximum absolute atomic E-state index is 12.9. The van der Waals surface area contributed by atoms with Crippen molar-refractivity contribution in [3.05, 3.63) is 48.6 Å². The Hall–Kier alpha value is -2.67. The third-order valence-corrected chi connectivity index (χ3v) is 9.36. The molecule has 0 spiro atoms. The highest BCUT2D eigenvalue weighted by molar-refractivity contribution is 5.76. The Kier molecular flexibility index (Phi) is 40.0. The highest BCUT2D eigenvalue weighted by Crippen LogP contribution is 2.11. The number of hydrogen-bond donors (Lipinski definition) is 1. The van der Waals surface area contributed by atoms with Crippen molar-refractivity contribution in [3.8, 4) is 0 Å². The molecule has 7 nitrogen and oxygen atoms in total. The number of amides is 1. The summed E-state index contributed by atoms with van der Waals surface area (Å²) >= 11 is 0. The Bertz CT molecular complexity index is 894. The third-order valence-electron chi connectivity index (χ3n) is 9.36. The van der Waals surface area contributed by atoms with Crippen LogP contribution in [0.1, 0.15) is 194 Å². The van der Waals surface area contributed by atoms with Crippen LogP contribution in [0.15, 0.2) is 48.6 Å². The summed E-state index contributed by atoms with van der Waals surface area (Å²) in [5, 5.41) is 0. The van der Waals surface area contributed by atoms with Crippen molar-refractivity contribution in [2.45, 2.75) is 194 Å². The van der Waals surface area contributed by atoms with Crippen molar-refractivity contribution < 1.29 is 23.9 Å². The van der Waals surface area contributed by atoms with Gasteiger partial charge in [-0.1, -0.05) is 133 Å². The van der Waals surface area contributed by atoms with Gasteiger partial charge in [0, 0.05) is 19.3 Å². The largest absolute Gasteiger partial charge is 0.464 e. The summed E-state index contributed by atoms with van der Waals surface area (Å²) in [5.74, 6) is -0.429. The number of esters is 2. The van der Waals surface area contributed by atoms with E-state index in [0.29, 0.717) is 38.9 Å². The molecule has 2 N–H and O–H groups in total. The monoisotopic (exact) mass is 743 g/mol. The molecule has 0 saturated carbocycles. The van der Waals surface area contributed by atoms with Crippen LogP contribution in [0, 0.1) is 0 Å². The van der Waals surface area contributed by atoms with Crippen LogP contribution >= 0.6 is 0 Å². The quantitative estimate of drug-likeness (QED) is 0.0382. The first-order chi connectivity index (χ1) is 26.0. The van der Waals surface area contributed by atoms with E-state index in [4.69, 9.17) is 15.2 Å². The topological polar surface area (TPSA) is 98.9 Å². The van der Waals surface area contributed by atoms with Gasteiger partial charge in [-0.3, -0.25) is 14.4 Å². The van der Waals surface area contributed by atoms with Crippen LogP contribution in [0.5, 0.6) is 0 Å². The highest BCUT2D eigenvalue weighted by atomic mass is 16.5. The van der Waals surface area contributed by atoms with E-state index in [1.807, 2.05) is 0 Å². The lowest BCUT2D eigenvalue weighted by Gasteiger charge is -2.22. The second-order valence-corrected chi connectivity index (χ2v) is 14.4. The number of hydrogen-bond acceptors (Lipinski definition) is 6. The number of unbranched alkanes of at least 4 members (excludes halogenated alkanes) is 18. The van der Waals surface area contributed by atoms with E-state index in [1.54, 1.807) is 4.90 Å². The molecule has 0 aromatic carbocycles. The van der Waals surface area contributed by atoms with Crippen LogP contribution in [-0.2, 0) is 23.9 Å². The average Bonchev–Trinajstić information content (AvgIpc) is 3.15. The third kappa shape index (κ3) is 38.9. The maximum atomic E-state index is 12.9. The zero-order valence-electron chi connectivity index (χ0n) is 34.5. The van der Waals surface area contributed by atoms with Crippen LogP contribution in [0.3, 0.4) is 0 Å². The lowest BCUT2D eigenvalue weighted by atomic mass is 10.1. The van der Waals surface area contributed by atoms with Gasteiger partial charge >= 0.3 is 11.9 Å². The van der Waals surface area contributed by atoms with E-state index in [0.717, 1.165) is 83.5 Å². The summed E-state index contributed by atoms with van der Waals surface area (Å²) in [6, 6.07) is 0. The van der Waals surface area contributed by atoms with Crippen LogP contribution in [0.4, 0.5) is 0 Å². The van der Waals surface area contributed by atoms with E-state index in [-0.39, 0.29) is 31.1 Å². The van der Waals surface area contributed by atoms with E-state index in [2.05, 4.69) is 62.5 Å². The molecule has 1 amide bonds. The van der Waals surface area contributed by atoms with Crippen LogP contribution in [0.25, 0.3) is 0 Å². The molecule has 0 radical (unpaired) electrons. The summed E-state index contributed by atoms with van der Waals surface area (Å²) in [7, 11) is 0. The lowest BCUT2D eigenvalue weighted by Crippen LogP contribution is -2.37. The first kappa shape index (κ1) is 50.3. The highest BCUT2D eigenvalue weighted by Gasteiger charge is 2.15. The van der Waals surface area contributed by atoms with E-state index in [9.17, 15) is 14.4 Å². The predicted octanol–water partition coefficient (Wildman–Crippen LogP) is 12.0. The fraction of sp³-hybridized carbons (Fsp3) is 0.761. The summed E-state index contributed by atoms with van der Waals surface area (Å²) in [5.41, 5.74) is 5.60. The maximum Gasteiger partial charge on any atom is 0.305 e. The van der Waals surface area contributed by atoms with Gasteiger partial charge in [0.25, 0.3) is 0 Å². The second kappa shape index (κ2) is 42.1. The molecule has 306 valence electrons. The Morgan fingerprint density at radius 1 is 0.453 bits per heavy atom. The summed E-state index contributed by atoms with van der Waals surface area (Å²) in [6.07, 6.45) is 47.1. The zero-order valence-corrected chi connectivity index (χ0v) is 34.5. The molecule has 0 aromatic rings. The molecule has 0 atom stereocenters. The second-order valence-electron chi connectivity index (χ2n) is 14.4. The van der Waals surface area contributed by atoms with Gasteiger partial charge in [-0.05, 0) is 96.4 Å². The van der Waals surface area contributed by atoms with Crippen LogP contribution in [0.2, 0.25) is 0 Å². The number of nitrogens with zero attached hydrogens (tertiary/aromatic N) is 1. The molecular formula is C46H82N2O5. The first-order valence-electron chi connectivity index (χ1n) is 21.9. The standard InChI is InChI=1S/C46H82N2O5/c1-3-5-7-9-11-13-15-17-19-21-23-25-27-29-33-37-45(50)52-42-40-48(44(49)36-32-31-35-39-47)41-43-53-46(51)38-34-30-28-26-24-22-20-18-16-14-12-10-8-6-4-2/h11-14,17-20H,3-10,15-16,21-43,47H2,1-2H3/b13-11-,14-12-,19-17-,20-18-. The van der Waals surface area contributed by atoms with E-state index < -0.39 is 0 Å². The van der Waals surface area contributed by atoms with Crippen LogP contribution < -0.4 is 5.73 Å². The first-order valence-corrected chi connectivity index (χ1v) is 21.9. The molecule has 0 heterocycles. The molecule has 53 heavy (non-hydrogen) atoms. The normalized spacial score (nSPS) is 11.8.